The normalized spacial score (nSPS) is 10.5. The van der Waals surface area contributed by atoms with Crippen molar-refractivity contribution in [3.05, 3.63) is 40.0 Å². The molecular weight excluding hydrogens is 302 g/mol. The van der Waals surface area contributed by atoms with Crippen molar-refractivity contribution in [3.63, 3.8) is 0 Å². The predicted octanol–water partition coefficient (Wildman–Crippen LogP) is 4.21. The molecule has 0 saturated heterocycles. The number of nitrogens with zero attached hydrogens (tertiary/aromatic N) is 2. The van der Waals surface area contributed by atoms with E-state index in [1.807, 2.05) is 0 Å². The van der Waals surface area contributed by atoms with Crippen molar-refractivity contribution in [2.24, 2.45) is 0 Å². The van der Waals surface area contributed by atoms with Crippen molar-refractivity contribution in [2.75, 3.05) is 11.9 Å². The third-order valence-corrected chi connectivity index (χ3v) is 3.74. The molecule has 0 atom stereocenters. The predicted molar refractivity (Wildman–Crippen MR) is 83.4 cm³/mol. The Bertz CT molecular complexity index is 564. The zero-order valence-corrected chi connectivity index (χ0v) is 13.1. The summed E-state index contributed by atoms with van der Waals surface area (Å²) in [6, 6.07) is 8.29. The molecule has 0 aliphatic carbocycles. The average molecular weight is 320 g/mol. The third-order valence-electron chi connectivity index (χ3n) is 2.91. The lowest BCUT2D eigenvalue weighted by atomic mass is 10.1. The SMILES string of the molecule is CCNc1nc(-c2ccc(C)cc2)nc(CC)c1Br. The average Bonchev–Trinajstić information content (AvgIpc) is 2.42. The van der Waals surface area contributed by atoms with E-state index in [9.17, 15) is 0 Å². The number of hydrogen-bond acceptors (Lipinski definition) is 3. The van der Waals surface area contributed by atoms with Crippen LogP contribution in [0.1, 0.15) is 25.1 Å². The van der Waals surface area contributed by atoms with Crippen LogP contribution in [0.15, 0.2) is 28.7 Å². The summed E-state index contributed by atoms with van der Waals surface area (Å²) in [7, 11) is 0. The Morgan fingerprint density at radius 3 is 2.37 bits per heavy atom. The maximum absolute atomic E-state index is 4.64. The van der Waals surface area contributed by atoms with Gasteiger partial charge in [-0.15, -0.1) is 0 Å². The molecule has 100 valence electrons. The molecule has 0 bridgehead atoms. The second kappa shape index (κ2) is 6.15. The van der Waals surface area contributed by atoms with E-state index in [-0.39, 0.29) is 0 Å². The molecule has 0 saturated carbocycles. The lowest BCUT2D eigenvalue weighted by molar-refractivity contribution is 0.984. The fourth-order valence-electron chi connectivity index (χ4n) is 1.84. The fraction of sp³-hybridized carbons (Fsp3) is 0.333. The molecule has 2 rings (SSSR count). The van der Waals surface area contributed by atoms with Gasteiger partial charge in [-0.2, -0.15) is 0 Å². The number of benzene rings is 1. The van der Waals surface area contributed by atoms with Gasteiger partial charge >= 0.3 is 0 Å². The van der Waals surface area contributed by atoms with Crippen LogP contribution in [-0.4, -0.2) is 16.5 Å². The van der Waals surface area contributed by atoms with Crippen molar-refractivity contribution in [2.45, 2.75) is 27.2 Å². The molecular formula is C15H18BrN3. The molecule has 3 nitrogen and oxygen atoms in total. The Hall–Kier alpha value is -1.42. The molecule has 1 N–H and O–H groups in total. The summed E-state index contributed by atoms with van der Waals surface area (Å²) in [5, 5.41) is 3.27. The molecule has 2 aromatic rings. The summed E-state index contributed by atoms with van der Waals surface area (Å²) >= 11 is 3.57. The number of aryl methyl sites for hydroxylation is 2. The summed E-state index contributed by atoms with van der Waals surface area (Å²) < 4.78 is 0.965. The first-order valence-electron chi connectivity index (χ1n) is 6.53. The maximum atomic E-state index is 4.64. The van der Waals surface area contributed by atoms with Crippen LogP contribution in [0.3, 0.4) is 0 Å². The Balaban J connectivity index is 2.51. The standard InChI is InChI=1S/C15H18BrN3/c1-4-12-13(16)15(17-5-2)19-14(18-12)11-8-6-10(3)7-9-11/h6-9H,4-5H2,1-3H3,(H,17,18,19). The van der Waals surface area contributed by atoms with Crippen molar-refractivity contribution >= 4 is 21.7 Å². The molecule has 19 heavy (non-hydrogen) atoms. The van der Waals surface area contributed by atoms with Gasteiger partial charge in [-0.3, -0.25) is 0 Å². The molecule has 0 radical (unpaired) electrons. The first kappa shape index (κ1) is 14.0. The van der Waals surface area contributed by atoms with Gasteiger partial charge in [0.05, 0.1) is 10.2 Å². The number of nitrogens with one attached hydrogen (secondary N) is 1. The van der Waals surface area contributed by atoms with Crippen LogP contribution in [0.4, 0.5) is 5.82 Å². The van der Waals surface area contributed by atoms with E-state index in [1.165, 1.54) is 5.56 Å². The zero-order chi connectivity index (χ0) is 13.8. The molecule has 4 heteroatoms. The van der Waals surface area contributed by atoms with E-state index in [4.69, 9.17) is 0 Å². The lowest BCUT2D eigenvalue weighted by Crippen LogP contribution is -2.05. The number of halogens is 1. The van der Waals surface area contributed by atoms with Gasteiger partial charge in [0.1, 0.15) is 5.82 Å². The first-order chi connectivity index (χ1) is 9.15. The monoisotopic (exact) mass is 319 g/mol. The number of aromatic nitrogens is 2. The van der Waals surface area contributed by atoms with Gasteiger partial charge in [-0.1, -0.05) is 36.8 Å². The summed E-state index contributed by atoms with van der Waals surface area (Å²) in [6.07, 6.45) is 0.875. The van der Waals surface area contributed by atoms with E-state index < -0.39 is 0 Å². The number of rotatable bonds is 4. The molecule has 0 amide bonds. The topological polar surface area (TPSA) is 37.8 Å². The van der Waals surface area contributed by atoms with Crippen molar-refractivity contribution < 1.29 is 0 Å². The molecule has 0 spiro atoms. The van der Waals surface area contributed by atoms with Crippen LogP contribution in [0.2, 0.25) is 0 Å². The minimum Gasteiger partial charge on any atom is -0.369 e. The van der Waals surface area contributed by atoms with Gasteiger partial charge in [0.2, 0.25) is 0 Å². The van der Waals surface area contributed by atoms with Gasteiger partial charge in [0.15, 0.2) is 5.82 Å². The summed E-state index contributed by atoms with van der Waals surface area (Å²) in [5.41, 5.74) is 3.32. The Morgan fingerprint density at radius 2 is 1.79 bits per heavy atom. The van der Waals surface area contributed by atoms with Crippen LogP contribution >= 0.6 is 15.9 Å². The van der Waals surface area contributed by atoms with Gasteiger partial charge in [-0.25, -0.2) is 9.97 Å². The number of hydrogen-bond donors (Lipinski definition) is 1. The van der Waals surface area contributed by atoms with E-state index in [0.717, 1.165) is 40.3 Å². The third kappa shape index (κ3) is 3.13. The molecule has 1 aromatic heterocycles. The minimum atomic E-state index is 0.774. The van der Waals surface area contributed by atoms with Gasteiger partial charge in [0, 0.05) is 12.1 Å². The highest BCUT2D eigenvalue weighted by Crippen LogP contribution is 2.27. The Labute approximate surface area is 122 Å². The van der Waals surface area contributed by atoms with Crippen LogP contribution in [0.5, 0.6) is 0 Å². The molecule has 0 unspecified atom stereocenters. The largest absolute Gasteiger partial charge is 0.369 e. The van der Waals surface area contributed by atoms with Gasteiger partial charge < -0.3 is 5.32 Å². The van der Waals surface area contributed by atoms with E-state index in [0.29, 0.717) is 0 Å². The van der Waals surface area contributed by atoms with E-state index in [2.05, 4.69) is 76.3 Å². The highest BCUT2D eigenvalue weighted by molar-refractivity contribution is 9.10. The summed E-state index contributed by atoms with van der Waals surface area (Å²) in [4.78, 5) is 9.24. The molecule has 0 aliphatic rings. The van der Waals surface area contributed by atoms with Crippen LogP contribution in [-0.2, 0) is 6.42 Å². The smallest absolute Gasteiger partial charge is 0.161 e. The quantitative estimate of drug-likeness (QED) is 0.917. The van der Waals surface area contributed by atoms with Crippen molar-refractivity contribution in [1.29, 1.82) is 0 Å². The molecule has 0 fully saturated rings. The zero-order valence-electron chi connectivity index (χ0n) is 11.5. The second-order valence-corrected chi connectivity index (χ2v) is 5.20. The molecule has 1 aromatic carbocycles. The van der Waals surface area contributed by atoms with Gasteiger partial charge in [-0.05, 0) is 36.2 Å². The fourth-order valence-corrected chi connectivity index (χ4v) is 2.44. The molecule has 1 heterocycles. The van der Waals surface area contributed by atoms with Crippen LogP contribution in [0, 0.1) is 6.92 Å². The van der Waals surface area contributed by atoms with E-state index in [1.54, 1.807) is 0 Å². The second-order valence-electron chi connectivity index (χ2n) is 4.41. The highest BCUT2D eigenvalue weighted by atomic mass is 79.9. The van der Waals surface area contributed by atoms with E-state index >= 15 is 0 Å². The molecule has 0 aliphatic heterocycles. The summed E-state index contributed by atoms with van der Waals surface area (Å²) in [6.45, 7) is 7.08. The highest BCUT2D eigenvalue weighted by Gasteiger charge is 2.11. The Morgan fingerprint density at radius 1 is 1.11 bits per heavy atom. The lowest BCUT2D eigenvalue weighted by Gasteiger charge is -2.11. The number of anilines is 1. The van der Waals surface area contributed by atoms with Crippen LogP contribution < -0.4 is 5.32 Å². The minimum absolute atomic E-state index is 0.774. The Kier molecular flexibility index (Phi) is 4.53. The first-order valence-corrected chi connectivity index (χ1v) is 7.32. The maximum Gasteiger partial charge on any atom is 0.161 e. The van der Waals surface area contributed by atoms with Crippen molar-refractivity contribution in [3.8, 4) is 11.4 Å². The summed E-state index contributed by atoms with van der Waals surface area (Å²) in [5.74, 6) is 1.64. The van der Waals surface area contributed by atoms with Gasteiger partial charge in [0.25, 0.3) is 0 Å². The van der Waals surface area contributed by atoms with Crippen molar-refractivity contribution in [1.82, 2.24) is 9.97 Å². The van der Waals surface area contributed by atoms with Crippen LogP contribution in [0.25, 0.3) is 11.4 Å².